The standard InChI is InChI=1S/C10H18N2OS/c1-4-11-9(7-13-5-2)10-6-12-8(3)14-10/h6,9,11H,4-5,7H2,1-3H3. The Kier molecular flexibility index (Phi) is 5.07. The van der Waals surface area contributed by atoms with Crippen LogP contribution < -0.4 is 5.32 Å². The van der Waals surface area contributed by atoms with E-state index in [2.05, 4.69) is 17.2 Å². The number of thiazole rings is 1. The average Bonchev–Trinajstić information content (AvgIpc) is 2.59. The van der Waals surface area contributed by atoms with Crippen molar-refractivity contribution in [2.45, 2.75) is 26.8 Å². The average molecular weight is 214 g/mol. The van der Waals surface area contributed by atoms with Gasteiger partial charge in [0.05, 0.1) is 17.7 Å². The van der Waals surface area contributed by atoms with Crippen molar-refractivity contribution in [2.75, 3.05) is 19.8 Å². The Labute approximate surface area is 89.5 Å². The Hall–Kier alpha value is -0.450. The molecule has 1 aromatic rings. The van der Waals surface area contributed by atoms with E-state index < -0.39 is 0 Å². The van der Waals surface area contributed by atoms with Crippen molar-refractivity contribution in [3.05, 3.63) is 16.1 Å². The minimum atomic E-state index is 0.297. The van der Waals surface area contributed by atoms with E-state index in [4.69, 9.17) is 4.74 Å². The van der Waals surface area contributed by atoms with Crippen molar-refractivity contribution in [3.8, 4) is 0 Å². The van der Waals surface area contributed by atoms with Gasteiger partial charge in [-0.3, -0.25) is 0 Å². The second-order valence-electron chi connectivity index (χ2n) is 3.05. The zero-order valence-corrected chi connectivity index (χ0v) is 9.86. The van der Waals surface area contributed by atoms with Crippen LogP contribution in [-0.2, 0) is 4.74 Å². The fourth-order valence-corrected chi connectivity index (χ4v) is 2.11. The number of aromatic nitrogens is 1. The molecule has 1 N–H and O–H groups in total. The summed E-state index contributed by atoms with van der Waals surface area (Å²) in [7, 11) is 0. The van der Waals surface area contributed by atoms with Crippen molar-refractivity contribution < 1.29 is 4.74 Å². The smallest absolute Gasteiger partial charge is 0.0897 e. The summed E-state index contributed by atoms with van der Waals surface area (Å²) < 4.78 is 5.43. The molecule has 3 nitrogen and oxygen atoms in total. The van der Waals surface area contributed by atoms with Gasteiger partial charge in [0.1, 0.15) is 0 Å². The van der Waals surface area contributed by atoms with E-state index >= 15 is 0 Å². The first-order valence-electron chi connectivity index (χ1n) is 5.01. The van der Waals surface area contributed by atoms with Gasteiger partial charge in [0.15, 0.2) is 0 Å². The fraction of sp³-hybridized carbons (Fsp3) is 0.700. The van der Waals surface area contributed by atoms with E-state index in [9.17, 15) is 0 Å². The molecule has 0 aliphatic rings. The molecule has 1 atom stereocenters. The maximum Gasteiger partial charge on any atom is 0.0897 e. The largest absolute Gasteiger partial charge is 0.380 e. The Morgan fingerprint density at radius 1 is 1.57 bits per heavy atom. The highest BCUT2D eigenvalue weighted by molar-refractivity contribution is 7.11. The normalized spacial score (nSPS) is 13.1. The van der Waals surface area contributed by atoms with Gasteiger partial charge in [0, 0.05) is 17.7 Å². The summed E-state index contributed by atoms with van der Waals surface area (Å²) >= 11 is 1.73. The molecule has 0 aliphatic heterocycles. The molecule has 14 heavy (non-hydrogen) atoms. The van der Waals surface area contributed by atoms with Crippen LogP contribution in [0.5, 0.6) is 0 Å². The van der Waals surface area contributed by atoms with Crippen LogP contribution >= 0.6 is 11.3 Å². The summed E-state index contributed by atoms with van der Waals surface area (Å²) in [6.45, 7) is 8.59. The van der Waals surface area contributed by atoms with Gasteiger partial charge in [-0.1, -0.05) is 6.92 Å². The summed E-state index contributed by atoms with van der Waals surface area (Å²) in [4.78, 5) is 5.51. The van der Waals surface area contributed by atoms with E-state index in [1.165, 1.54) is 4.88 Å². The molecule has 0 aromatic carbocycles. The number of ether oxygens (including phenoxy) is 1. The Bertz CT molecular complexity index is 262. The second kappa shape index (κ2) is 6.11. The lowest BCUT2D eigenvalue weighted by molar-refractivity contribution is 0.124. The first-order chi connectivity index (χ1) is 6.77. The highest BCUT2D eigenvalue weighted by Crippen LogP contribution is 2.20. The number of aryl methyl sites for hydroxylation is 1. The van der Waals surface area contributed by atoms with E-state index in [-0.39, 0.29) is 0 Å². The predicted octanol–water partition coefficient (Wildman–Crippen LogP) is 2.14. The Morgan fingerprint density at radius 2 is 2.36 bits per heavy atom. The fourth-order valence-electron chi connectivity index (χ4n) is 1.26. The van der Waals surface area contributed by atoms with Crippen LogP contribution in [0, 0.1) is 6.92 Å². The lowest BCUT2D eigenvalue weighted by Gasteiger charge is -2.15. The maximum atomic E-state index is 5.43. The van der Waals surface area contributed by atoms with Crippen molar-refractivity contribution in [1.82, 2.24) is 10.3 Å². The van der Waals surface area contributed by atoms with Crippen LogP contribution in [-0.4, -0.2) is 24.7 Å². The minimum absolute atomic E-state index is 0.297. The molecule has 0 bridgehead atoms. The predicted molar refractivity (Wildman–Crippen MR) is 59.8 cm³/mol. The number of hydrogen-bond acceptors (Lipinski definition) is 4. The molecule has 1 rings (SSSR count). The summed E-state index contributed by atoms with van der Waals surface area (Å²) in [5, 5.41) is 4.50. The van der Waals surface area contributed by atoms with E-state index in [1.807, 2.05) is 20.0 Å². The monoisotopic (exact) mass is 214 g/mol. The van der Waals surface area contributed by atoms with Crippen molar-refractivity contribution >= 4 is 11.3 Å². The van der Waals surface area contributed by atoms with Crippen LogP contribution in [0.15, 0.2) is 6.20 Å². The summed E-state index contributed by atoms with van der Waals surface area (Å²) in [5.41, 5.74) is 0. The molecule has 0 aliphatic carbocycles. The van der Waals surface area contributed by atoms with Gasteiger partial charge in [-0.15, -0.1) is 11.3 Å². The van der Waals surface area contributed by atoms with Gasteiger partial charge >= 0.3 is 0 Å². The third-order valence-electron chi connectivity index (χ3n) is 1.92. The van der Waals surface area contributed by atoms with Crippen LogP contribution in [0.4, 0.5) is 0 Å². The molecular formula is C10H18N2OS. The van der Waals surface area contributed by atoms with Gasteiger partial charge in [0.2, 0.25) is 0 Å². The molecule has 0 saturated carbocycles. The molecule has 1 heterocycles. The van der Waals surface area contributed by atoms with Crippen molar-refractivity contribution in [1.29, 1.82) is 0 Å². The number of rotatable bonds is 6. The van der Waals surface area contributed by atoms with Crippen LogP contribution in [0.2, 0.25) is 0 Å². The maximum absolute atomic E-state index is 5.43. The molecule has 0 amide bonds. The van der Waals surface area contributed by atoms with Crippen molar-refractivity contribution in [2.24, 2.45) is 0 Å². The Balaban J connectivity index is 2.57. The minimum Gasteiger partial charge on any atom is -0.380 e. The summed E-state index contributed by atoms with van der Waals surface area (Å²) in [6, 6.07) is 0.297. The molecule has 1 aromatic heterocycles. The third kappa shape index (κ3) is 3.36. The SMILES string of the molecule is CCNC(COCC)c1cnc(C)s1. The van der Waals surface area contributed by atoms with Crippen LogP contribution in [0.3, 0.4) is 0 Å². The quantitative estimate of drug-likeness (QED) is 0.788. The lowest BCUT2D eigenvalue weighted by Crippen LogP contribution is -2.24. The van der Waals surface area contributed by atoms with Gasteiger partial charge in [-0.05, 0) is 20.4 Å². The highest BCUT2D eigenvalue weighted by atomic mass is 32.1. The molecule has 0 spiro atoms. The highest BCUT2D eigenvalue weighted by Gasteiger charge is 2.12. The molecule has 0 fully saturated rings. The second-order valence-corrected chi connectivity index (χ2v) is 4.32. The van der Waals surface area contributed by atoms with E-state index in [0.29, 0.717) is 6.04 Å². The molecule has 0 radical (unpaired) electrons. The molecule has 80 valence electrons. The molecule has 4 heteroatoms. The zero-order chi connectivity index (χ0) is 10.4. The molecular weight excluding hydrogens is 196 g/mol. The topological polar surface area (TPSA) is 34.1 Å². The molecule has 0 saturated heterocycles. The molecule has 1 unspecified atom stereocenters. The Morgan fingerprint density at radius 3 is 2.86 bits per heavy atom. The van der Waals surface area contributed by atoms with Gasteiger partial charge in [-0.25, -0.2) is 4.98 Å². The van der Waals surface area contributed by atoms with Gasteiger partial charge < -0.3 is 10.1 Å². The zero-order valence-electron chi connectivity index (χ0n) is 9.04. The van der Waals surface area contributed by atoms with E-state index in [0.717, 1.165) is 24.8 Å². The first-order valence-corrected chi connectivity index (χ1v) is 5.83. The van der Waals surface area contributed by atoms with Crippen LogP contribution in [0.1, 0.15) is 29.8 Å². The van der Waals surface area contributed by atoms with Gasteiger partial charge in [0.25, 0.3) is 0 Å². The summed E-state index contributed by atoms with van der Waals surface area (Å²) in [5.74, 6) is 0. The number of nitrogens with one attached hydrogen (secondary N) is 1. The summed E-state index contributed by atoms with van der Waals surface area (Å²) in [6.07, 6.45) is 1.94. The van der Waals surface area contributed by atoms with Crippen LogP contribution in [0.25, 0.3) is 0 Å². The van der Waals surface area contributed by atoms with Gasteiger partial charge in [-0.2, -0.15) is 0 Å². The lowest BCUT2D eigenvalue weighted by atomic mass is 10.3. The first kappa shape index (κ1) is 11.6. The van der Waals surface area contributed by atoms with E-state index in [1.54, 1.807) is 11.3 Å². The number of hydrogen-bond donors (Lipinski definition) is 1. The number of likely N-dealkylation sites (N-methyl/N-ethyl adjacent to an activating group) is 1. The van der Waals surface area contributed by atoms with Crippen molar-refractivity contribution in [3.63, 3.8) is 0 Å². The number of nitrogens with zero attached hydrogens (tertiary/aromatic N) is 1. The third-order valence-corrected chi connectivity index (χ3v) is 2.95.